The molecule has 0 unspecified atom stereocenters. The fourth-order valence-corrected chi connectivity index (χ4v) is 3.32. The lowest BCUT2D eigenvalue weighted by Gasteiger charge is -2.05. The molecule has 0 radical (unpaired) electrons. The molecule has 1 aromatic rings. The Kier molecular flexibility index (Phi) is 5.11. The number of nitrogens with one attached hydrogen (secondary N) is 2. The lowest BCUT2D eigenvalue weighted by Crippen LogP contribution is -2.26. The fourth-order valence-electron chi connectivity index (χ4n) is 1.59. The Balaban J connectivity index is 1.57. The Labute approximate surface area is 112 Å². The Hall–Kier alpha value is -0.500. The van der Waals surface area contributed by atoms with Crippen molar-refractivity contribution in [2.45, 2.75) is 38.3 Å². The van der Waals surface area contributed by atoms with Gasteiger partial charge in [-0.05, 0) is 32.2 Å². The first-order chi connectivity index (χ1) is 8.66. The molecule has 0 bridgehead atoms. The van der Waals surface area contributed by atoms with E-state index < -0.39 is 10.0 Å². The maximum Gasteiger partial charge on any atom is 0.211 e. The van der Waals surface area contributed by atoms with Crippen LogP contribution < -0.4 is 10.0 Å². The van der Waals surface area contributed by atoms with Gasteiger partial charge in [-0.3, -0.25) is 4.98 Å². The summed E-state index contributed by atoms with van der Waals surface area (Å²) in [5, 5.41) is 3.38. The molecular formula is C11H19N3O2S2. The molecule has 1 heterocycles. The first-order valence-electron chi connectivity index (χ1n) is 6.24. The van der Waals surface area contributed by atoms with Gasteiger partial charge in [-0.25, -0.2) is 13.1 Å². The highest BCUT2D eigenvalue weighted by Crippen LogP contribution is 2.18. The summed E-state index contributed by atoms with van der Waals surface area (Å²) < 4.78 is 26.0. The normalized spacial score (nSPS) is 16.0. The second-order valence-corrected chi connectivity index (χ2v) is 7.44. The van der Waals surface area contributed by atoms with Crippen LogP contribution in [0.3, 0.4) is 0 Å². The van der Waals surface area contributed by atoms with Gasteiger partial charge in [0, 0.05) is 23.7 Å². The molecule has 1 saturated carbocycles. The topological polar surface area (TPSA) is 71.1 Å². The van der Waals surface area contributed by atoms with Crippen molar-refractivity contribution in [3.8, 4) is 0 Å². The fraction of sp³-hybridized carbons (Fsp3) is 0.727. The summed E-state index contributed by atoms with van der Waals surface area (Å²) in [6.07, 6.45) is 5.85. The third-order valence-corrected chi connectivity index (χ3v) is 4.99. The van der Waals surface area contributed by atoms with Gasteiger partial charge < -0.3 is 5.32 Å². The average molecular weight is 289 g/mol. The van der Waals surface area contributed by atoms with E-state index in [1.165, 1.54) is 24.2 Å². The van der Waals surface area contributed by atoms with Crippen molar-refractivity contribution in [2.75, 3.05) is 12.3 Å². The second-order valence-electron chi connectivity index (χ2n) is 4.54. The van der Waals surface area contributed by atoms with E-state index in [9.17, 15) is 8.42 Å². The molecule has 18 heavy (non-hydrogen) atoms. The summed E-state index contributed by atoms with van der Waals surface area (Å²) in [5.41, 5.74) is 1.70. The van der Waals surface area contributed by atoms with Gasteiger partial charge in [0.05, 0.1) is 11.3 Å². The molecule has 0 spiro atoms. The first-order valence-corrected chi connectivity index (χ1v) is 8.77. The number of sulfonamides is 1. The number of rotatable bonds is 9. The highest BCUT2D eigenvalue weighted by atomic mass is 32.2. The van der Waals surface area contributed by atoms with Crippen molar-refractivity contribution < 1.29 is 8.42 Å². The zero-order chi connectivity index (χ0) is 12.8. The van der Waals surface area contributed by atoms with Gasteiger partial charge in [0.25, 0.3) is 0 Å². The SMILES string of the molecule is O=S(=O)(CCCCNC1CC1)NCc1cncs1. The minimum Gasteiger partial charge on any atom is -0.314 e. The zero-order valence-electron chi connectivity index (χ0n) is 10.3. The average Bonchev–Trinajstić information content (AvgIpc) is 3.00. The van der Waals surface area contributed by atoms with Gasteiger partial charge in [-0.2, -0.15) is 0 Å². The van der Waals surface area contributed by atoms with Crippen LogP contribution in [0.2, 0.25) is 0 Å². The van der Waals surface area contributed by atoms with Gasteiger partial charge in [-0.15, -0.1) is 11.3 Å². The predicted octanol–water partition coefficient (Wildman–Crippen LogP) is 1.09. The molecule has 2 rings (SSSR count). The molecule has 102 valence electrons. The molecule has 2 N–H and O–H groups in total. The van der Waals surface area contributed by atoms with Gasteiger partial charge in [0.15, 0.2) is 0 Å². The third-order valence-electron chi connectivity index (χ3n) is 2.80. The maximum absolute atomic E-state index is 11.7. The van der Waals surface area contributed by atoms with E-state index in [0.717, 1.165) is 17.8 Å². The molecule has 1 aliphatic carbocycles. The number of thiazole rings is 1. The number of unbranched alkanes of at least 4 members (excludes halogenated alkanes) is 1. The molecule has 0 saturated heterocycles. The number of aromatic nitrogens is 1. The Morgan fingerprint density at radius 2 is 2.22 bits per heavy atom. The highest BCUT2D eigenvalue weighted by molar-refractivity contribution is 7.89. The standard InChI is InChI=1S/C11H19N3O2S2/c15-18(16,14-8-11-7-12-9-17-11)6-2-1-5-13-10-3-4-10/h7,9-10,13-14H,1-6,8H2. The van der Waals surface area contributed by atoms with Crippen molar-refractivity contribution in [1.82, 2.24) is 15.0 Å². The molecule has 0 amide bonds. The molecule has 1 aliphatic rings. The van der Waals surface area contributed by atoms with Crippen LogP contribution in [0.5, 0.6) is 0 Å². The Morgan fingerprint density at radius 1 is 1.39 bits per heavy atom. The van der Waals surface area contributed by atoms with Crippen molar-refractivity contribution in [3.63, 3.8) is 0 Å². The molecule has 0 aliphatic heterocycles. The third kappa shape index (κ3) is 5.43. The molecule has 1 aromatic heterocycles. The van der Waals surface area contributed by atoms with E-state index in [-0.39, 0.29) is 5.75 Å². The van der Waals surface area contributed by atoms with Gasteiger partial charge in [-0.1, -0.05) is 0 Å². The van der Waals surface area contributed by atoms with Crippen molar-refractivity contribution in [1.29, 1.82) is 0 Å². The summed E-state index contributed by atoms with van der Waals surface area (Å²) in [6, 6.07) is 0.700. The van der Waals surface area contributed by atoms with Crippen LogP contribution in [0.25, 0.3) is 0 Å². The zero-order valence-corrected chi connectivity index (χ0v) is 11.9. The van der Waals surface area contributed by atoms with Crippen molar-refractivity contribution in [3.05, 3.63) is 16.6 Å². The van der Waals surface area contributed by atoms with Crippen LogP contribution in [0.1, 0.15) is 30.6 Å². The number of nitrogens with zero attached hydrogens (tertiary/aromatic N) is 1. The number of hydrogen-bond acceptors (Lipinski definition) is 5. The largest absolute Gasteiger partial charge is 0.314 e. The Bertz CT molecular complexity index is 441. The van der Waals surface area contributed by atoms with E-state index in [1.807, 2.05) is 0 Å². The van der Waals surface area contributed by atoms with Crippen molar-refractivity contribution >= 4 is 21.4 Å². The molecule has 1 fully saturated rings. The molecule has 7 heteroatoms. The van der Waals surface area contributed by atoms with E-state index in [4.69, 9.17) is 0 Å². The van der Waals surface area contributed by atoms with Crippen LogP contribution in [-0.4, -0.2) is 31.7 Å². The van der Waals surface area contributed by atoms with E-state index in [1.54, 1.807) is 11.7 Å². The summed E-state index contributed by atoms with van der Waals surface area (Å²) >= 11 is 1.46. The predicted molar refractivity (Wildman–Crippen MR) is 73.0 cm³/mol. The highest BCUT2D eigenvalue weighted by Gasteiger charge is 2.19. The summed E-state index contributed by atoms with van der Waals surface area (Å²) in [6.45, 7) is 1.28. The molecule has 0 aromatic carbocycles. The van der Waals surface area contributed by atoms with E-state index >= 15 is 0 Å². The van der Waals surface area contributed by atoms with E-state index in [0.29, 0.717) is 19.0 Å². The molecular weight excluding hydrogens is 270 g/mol. The van der Waals surface area contributed by atoms with Crippen LogP contribution >= 0.6 is 11.3 Å². The lowest BCUT2D eigenvalue weighted by atomic mass is 10.3. The van der Waals surface area contributed by atoms with Crippen molar-refractivity contribution in [2.24, 2.45) is 0 Å². The minimum absolute atomic E-state index is 0.206. The summed E-state index contributed by atoms with van der Waals surface area (Å²) in [7, 11) is -3.14. The maximum atomic E-state index is 11.7. The first kappa shape index (κ1) is 13.9. The summed E-state index contributed by atoms with van der Waals surface area (Å²) in [4.78, 5) is 4.85. The second kappa shape index (κ2) is 6.60. The quantitative estimate of drug-likeness (QED) is 0.668. The van der Waals surface area contributed by atoms with Gasteiger partial charge in [0.2, 0.25) is 10.0 Å². The monoisotopic (exact) mass is 289 g/mol. The van der Waals surface area contributed by atoms with Crippen LogP contribution in [0.15, 0.2) is 11.7 Å². The number of hydrogen-bond donors (Lipinski definition) is 2. The van der Waals surface area contributed by atoms with Crippen LogP contribution in [0.4, 0.5) is 0 Å². The molecule has 0 atom stereocenters. The smallest absolute Gasteiger partial charge is 0.211 e. The van der Waals surface area contributed by atoms with Gasteiger partial charge in [0.1, 0.15) is 0 Å². The van der Waals surface area contributed by atoms with Crippen LogP contribution in [-0.2, 0) is 16.6 Å². The van der Waals surface area contributed by atoms with Gasteiger partial charge >= 0.3 is 0 Å². The summed E-state index contributed by atoms with van der Waals surface area (Å²) in [5.74, 6) is 0.206. The molecule has 5 nitrogen and oxygen atoms in total. The minimum atomic E-state index is -3.14. The lowest BCUT2D eigenvalue weighted by molar-refractivity contribution is 0.573. The van der Waals surface area contributed by atoms with Crippen LogP contribution in [0, 0.1) is 0 Å². The Morgan fingerprint density at radius 3 is 2.89 bits per heavy atom. The van der Waals surface area contributed by atoms with E-state index in [2.05, 4.69) is 15.0 Å².